The van der Waals surface area contributed by atoms with Crippen LogP contribution < -0.4 is 5.32 Å². The summed E-state index contributed by atoms with van der Waals surface area (Å²) in [5.41, 5.74) is 2.55. The van der Waals surface area contributed by atoms with Gasteiger partial charge in [-0.15, -0.1) is 0 Å². The van der Waals surface area contributed by atoms with Crippen molar-refractivity contribution in [1.82, 2.24) is 0 Å². The minimum absolute atomic E-state index is 0.153. The molecule has 0 saturated heterocycles. The second kappa shape index (κ2) is 7.10. The molecule has 0 aliphatic carbocycles. The molecule has 0 radical (unpaired) electrons. The van der Waals surface area contributed by atoms with Gasteiger partial charge in [0.15, 0.2) is 0 Å². The Hall–Kier alpha value is -1.32. The highest BCUT2D eigenvalue weighted by atomic mass is 79.9. The van der Waals surface area contributed by atoms with Crippen molar-refractivity contribution in [2.24, 2.45) is 0 Å². The topological polar surface area (TPSA) is 29.1 Å². The lowest BCUT2D eigenvalue weighted by atomic mass is 9.97. The maximum atomic E-state index is 12.4. The first kappa shape index (κ1) is 16.1. The van der Waals surface area contributed by atoms with E-state index in [1.807, 2.05) is 18.2 Å². The van der Waals surface area contributed by atoms with Gasteiger partial charge in [0.1, 0.15) is 0 Å². The van der Waals surface area contributed by atoms with Crippen molar-refractivity contribution < 1.29 is 4.79 Å². The highest BCUT2D eigenvalue weighted by molar-refractivity contribution is 9.10. The highest BCUT2D eigenvalue weighted by Gasteiger charge is 2.13. The van der Waals surface area contributed by atoms with E-state index in [-0.39, 0.29) is 5.91 Å². The predicted molar refractivity (Wildman–Crippen MR) is 92.3 cm³/mol. The fourth-order valence-corrected chi connectivity index (χ4v) is 2.52. The zero-order chi connectivity index (χ0) is 15.4. The summed E-state index contributed by atoms with van der Waals surface area (Å²) in [5, 5.41) is 3.50. The number of anilines is 1. The molecular formula is C17H17BrClNO. The summed E-state index contributed by atoms with van der Waals surface area (Å²) in [7, 11) is 0. The molecule has 0 aliphatic heterocycles. The van der Waals surface area contributed by atoms with Gasteiger partial charge in [-0.3, -0.25) is 4.79 Å². The standard InChI is InChI=1S/C17H17BrClNO/c1-3-11(2)13-6-4-5-7-16(13)20-17(21)12-8-9-14(18)15(19)10-12/h4-11H,3H2,1-2H3,(H,20,21). The van der Waals surface area contributed by atoms with Crippen molar-refractivity contribution >= 4 is 39.1 Å². The largest absolute Gasteiger partial charge is 0.322 e. The van der Waals surface area contributed by atoms with Gasteiger partial charge < -0.3 is 5.32 Å². The van der Waals surface area contributed by atoms with Crippen LogP contribution in [0.25, 0.3) is 0 Å². The fourth-order valence-electron chi connectivity index (χ4n) is 2.09. The highest BCUT2D eigenvalue weighted by Crippen LogP contribution is 2.28. The molecule has 0 aromatic heterocycles. The van der Waals surface area contributed by atoms with Gasteiger partial charge in [-0.2, -0.15) is 0 Å². The number of amides is 1. The molecule has 110 valence electrons. The second-order valence-corrected chi connectivity index (χ2v) is 6.24. The van der Waals surface area contributed by atoms with Gasteiger partial charge in [-0.05, 0) is 58.1 Å². The molecule has 2 rings (SSSR count). The van der Waals surface area contributed by atoms with Crippen LogP contribution in [0.2, 0.25) is 5.02 Å². The zero-order valence-electron chi connectivity index (χ0n) is 12.0. The summed E-state index contributed by atoms with van der Waals surface area (Å²) in [6.07, 6.45) is 1.02. The Labute approximate surface area is 138 Å². The van der Waals surface area contributed by atoms with Crippen LogP contribution in [0.3, 0.4) is 0 Å². The summed E-state index contributed by atoms with van der Waals surface area (Å²) in [5.74, 6) is 0.246. The third-order valence-electron chi connectivity index (χ3n) is 3.53. The first-order valence-electron chi connectivity index (χ1n) is 6.88. The lowest BCUT2D eigenvalue weighted by molar-refractivity contribution is 0.102. The molecule has 0 bridgehead atoms. The molecule has 1 atom stereocenters. The number of hydrogen-bond donors (Lipinski definition) is 1. The van der Waals surface area contributed by atoms with Crippen molar-refractivity contribution in [3.05, 3.63) is 63.1 Å². The molecule has 2 aromatic carbocycles. The monoisotopic (exact) mass is 365 g/mol. The van der Waals surface area contributed by atoms with Gasteiger partial charge in [-0.25, -0.2) is 0 Å². The van der Waals surface area contributed by atoms with Gasteiger partial charge in [0, 0.05) is 15.7 Å². The van der Waals surface area contributed by atoms with Crippen molar-refractivity contribution in [3.8, 4) is 0 Å². The smallest absolute Gasteiger partial charge is 0.255 e. The SMILES string of the molecule is CCC(C)c1ccccc1NC(=O)c1ccc(Br)c(Cl)c1. The van der Waals surface area contributed by atoms with E-state index >= 15 is 0 Å². The molecule has 4 heteroatoms. The molecular weight excluding hydrogens is 350 g/mol. The lowest BCUT2D eigenvalue weighted by Gasteiger charge is -2.15. The number of carbonyl (C=O) groups excluding carboxylic acids is 1. The Bertz CT molecular complexity index is 657. The van der Waals surface area contributed by atoms with E-state index in [0.29, 0.717) is 16.5 Å². The molecule has 1 amide bonds. The van der Waals surface area contributed by atoms with Crippen LogP contribution in [0.1, 0.15) is 42.1 Å². The zero-order valence-corrected chi connectivity index (χ0v) is 14.3. The maximum Gasteiger partial charge on any atom is 0.255 e. The summed E-state index contributed by atoms with van der Waals surface area (Å²) in [6, 6.07) is 13.1. The molecule has 2 nitrogen and oxygen atoms in total. The van der Waals surface area contributed by atoms with Crippen molar-refractivity contribution in [3.63, 3.8) is 0 Å². The van der Waals surface area contributed by atoms with E-state index in [4.69, 9.17) is 11.6 Å². The third kappa shape index (κ3) is 3.86. The van der Waals surface area contributed by atoms with Gasteiger partial charge in [0.25, 0.3) is 5.91 Å². The quantitative estimate of drug-likeness (QED) is 0.720. The molecule has 0 aliphatic rings. The molecule has 0 fully saturated rings. The second-order valence-electron chi connectivity index (χ2n) is 4.98. The Morgan fingerprint density at radius 2 is 2.00 bits per heavy atom. The van der Waals surface area contributed by atoms with Crippen LogP contribution in [0.5, 0.6) is 0 Å². The number of hydrogen-bond acceptors (Lipinski definition) is 1. The van der Waals surface area contributed by atoms with E-state index in [1.54, 1.807) is 18.2 Å². The lowest BCUT2D eigenvalue weighted by Crippen LogP contribution is -2.14. The Kier molecular flexibility index (Phi) is 5.43. The predicted octanol–water partition coefficient (Wildman–Crippen LogP) is 5.87. The van der Waals surface area contributed by atoms with Gasteiger partial charge in [0.05, 0.1) is 5.02 Å². The van der Waals surface area contributed by atoms with Crippen LogP contribution in [-0.2, 0) is 0 Å². The number of rotatable bonds is 4. The molecule has 1 unspecified atom stereocenters. The van der Waals surface area contributed by atoms with E-state index < -0.39 is 0 Å². The molecule has 1 N–H and O–H groups in total. The molecule has 0 spiro atoms. The number of halogens is 2. The number of carbonyl (C=O) groups is 1. The number of para-hydroxylation sites is 1. The van der Waals surface area contributed by atoms with E-state index in [1.165, 1.54) is 0 Å². The van der Waals surface area contributed by atoms with E-state index in [9.17, 15) is 4.79 Å². The molecule has 2 aromatic rings. The van der Waals surface area contributed by atoms with Gasteiger partial charge in [-0.1, -0.05) is 43.6 Å². The van der Waals surface area contributed by atoms with Crippen LogP contribution in [0.15, 0.2) is 46.9 Å². The van der Waals surface area contributed by atoms with Crippen molar-refractivity contribution in [2.75, 3.05) is 5.32 Å². The molecule has 0 heterocycles. The Morgan fingerprint density at radius 1 is 1.29 bits per heavy atom. The molecule has 21 heavy (non-hydrogen) atoms. The third-order valence-corrected chi connectivity index (χ3v) is 4.77. The Balaban J connectivity index is 2.25. The first-order chi connectivity index (χ1) is 10.0. The summed E-state index contributed by atoms with van der Waals surface area (Å²) in [6.45, 7) is 4.29. The van der Waals surface area contributed by atoms with Crippen molar-refractivity contribution in [1.29, 1.82) is 0 Å². The average molecular weight is 367 g/mol. The normalized spacial score (nSPS) is 12.0. The van der Waals surface area contributed by atoms with Crippen LogP contribution in [0, 0.1) is 0 Å². The number of benzene rings is 2. The van der Waals surface area contributed by atoms with Crippen LogP contribution in [-0.4, -0.2) is 5.91 Å². The van der Waals surface area contributed by atoms with Gasteiger partial charge in [0.2, 0.25) is 0 Å². The summed E-state index contributed by atoms with van der Waals surface area (Å²) >= 11 is 9.36. The van der Waals surface area contributed by atoms with Crippen molar-refractivity contribution in [2.45, 2.75) is 26.2 Å². The van der Waals surface area contributed by atoms with E-state index in [0.717, 1.165) is 22.1 Å². The van der Waals surface area contributed by atoms with Gasteiger partial charge >= 0.3 is 0 Å². The van der Waals surface area contributed by atoms with Crippen LogP contribution >= 0.6 is 27.5 Å². The molecule has 0 saturated carbocycles. The van der Waals surface area contributed by atoms with E-state index in [2.05, 4.69) is 41.2 Å². The van der Waals surface area contributed by atoms with Crippen LogP contribution in [0.4, 0.5) is 5.69 Å². The first-order valence-corrected chi connectivity index (χ1v) is 8.05. The minimum Gasteiger partial charge on any atom is -0.322 e. The summed E-state index contributed by atoms with van der Waals surface area (Å²) in [4.78, 5) is 12.4. The number of nitrogens with one attached hydrogen (secondary N) is 1. The fraction of sp³-hybridized carbons (Fsp3) is 0.235. The Morgan fingerprint density at radius 3 is 2.67 bits per heavy atom. The average Bonchev–Trinajstić information content (AvgIpc) is 2.49. The summed E-state index contributed by atoms with van der Waals surface area (Å²) < 4.78 is 0.778. The maximum absolute atomic E-state index is 12.4. The minimum atomic E-state index is -0.153.